The second kappa shape index (κ2) is 5.10. The molecule has 0 saturated carbocycles. The van der Waals surface area contributed by atoms with Gasteiger partial charge >= 0.3 is 0 Å². The van der Waals surface area contributed by atoms with Gasteiger partial charge in [0.1, 0.15) is 0 Å². The molecule has 2 unspecified atom stereocenters. The standard InChI is InChI=1S/C16H22OS/c1-15(2,17)13-9-11-16(3,12-10-13)18-14-7-5-4-6-8-14/h4-9,11,13,17H,10,12H2,1-3H3. The van der Waals surface area contributed by atoms with Crippen LogP contribution in [0.25, 0.3) is 0 Å². The second-order valence-electron chi connectivity index (χ2n) is 5.89. The SMILES string of the molecule is CC1(Sc2ccccc2)C=CC(C(C)(C)O)CC1. The molecule has 2 atom stereocenters. The van der Waals surface area contributed by atoms with Gasteiger partial charge in [-0.25, -0.2) is 0 Å². The zero-order valence-electron chi connectivity index (χ0n) is 11.4. The molecule has 0 amide bonds. The maximum atomic E-state index is 10.0. The van der Waals surface area contributed by atoms with E-state index >= 15 is 0 Å². The van der Waals surface area contributed by atoms with Gasteiger partial charge in [0.15, 0.2) is 0 Å². The third kappa shape index (κ3) is 3.39. The number of hydrogen-bond acceptors (Lipinski definition) is 2. The molecule has 2 rings (SSSR count). The van der Waals surface area contributed by atoms with Crippen LogP contribution in [0.15, 0.2) is 47.4 Å². The van der Waals surface area contributed by atoms with E-state index in [1.54, 1.807) is 0 Å². The van der Waals surface area contributed by atoms with Crippen molar-refractivity contribution < 1.29 is 5.11 Å². The molecule has 0 radical (unpaired) electrons. The Balaban J connectivity index is 2.07. The van der Waals surface area contributed by atoms with Crippen molar-refractivity contribution >= 4 is 11.8 Å². The molecule has 98 valence electrons. The summed E-state index contributed by atoms with van der Waals surface area (Å²) in [6.07, 6.45) is 6.63. The highest BCUT2D eigenvalue weighted by Crippen LogP contribution is 2.43. The maximum Gasteiger partial charge on any atom is 0.0654 e. The zero-order chi connectivity index (χ0) is 13.2. The lowest BCUT2D eigenvalue weighted by atomic mass is 9.80. The average molecular weight is 262 g/mol. The first kappa shape index (κ1) is 13.7. The van der Waals surface area contributed by atoms with Gasteiger partial charge in [-0.15, -0.1) is 11.8 Å². The monoisotopic (exact) mass is 262 g/mol. The Morgan fingerprint density at radius 1 is 1.28 bits per heavy atom. The minimum Gasteiger partial charge on any atom is -0.390 e. The van der Waals surface area contributed by atoms with Crippen LogP contribution < -0.4 is 0 Å². The Bertz CT molecular complexity index is 418. The third-order valence-electron chi connectivity index (χ3n) is 3.63. The topological polar surface area (TPSA) is 20.2 Å². The Hall–Kier alpha value is -0.730. The van der Waals surface area contributed by atoms with Crippen LogP contribution in [0.3, 0.4) is 0 Å². The molecule has 1 N–H and O–H groups in total. The molecule has 1 aliphatic rings. The second-order valence-corrected chi connectivity index (χ2v) is 7.49. The first-order valence-corrected chi connectivity index (χ1v) is 7.36. The fourth-order valence-electron chi connectivity index (χ4n) is 2.37. The lowest BCUT2D eigenvalue weighted by molar-refractivity contribution is 0.0303. The molecule has 0 bridgehead atoms. The fourth-order valence-corrected chi connectivity index (χ4v) is 3.57. The molecular formula is C16H22OS. The van der Waals surface area contributed by atoms with Gasteiger partial charge in [0.2, 0.25) is 0 Å². The fraction of sp³-hybridized carbons (Fsp3) is 0.500. The molecule has 0 heterocycles. The first-order valence-electron chi connectivity index (χ1n) is 6.55. The van der Waals surface area contributed by atoms with Crippen molar-refractivity contribution in [2.24, 2.45) is 5.92 Å². The number of rotatable bonds is 3. The summed E-state index contributed by atoms with van der Waals surface area (Å²) in [6.45, 7) is 6.08. The number of aliphatic hydroxyl groups is 1. The summed E-state index contributed by atoms with van der Waals surface area (Å²) < 4.78 is 0.156. The summed E-state index contributed by atoms with van der Waals surface area (Å²) >= 11 is 1.91. The Kier molecular flexibility index (Phi) is 3.88. The van der Waals surface area contributed by atoms with Crippen molar-refractivity contribution in [3.8, 4) is 0 Å². The van der Waals surface area contributed by atoms with E-state index in [-0.39, 0.29) is 10.7 Å². The molecule has 0 aromatic heterocycles. The van der Waals surface area contributed by atoms with E-state index < -0.39 is 5.60 Å². The molecule has 1 aliphatic carbocycles. The quantitative estimate of drug-likeness (QED) is 0.821. The number of thioether (sulfide) groups is 1. The van der Waals surface area contributed by atoms with Crippen LogP contribution in [0.1, 0.15) is 33.6 Å². The predicted octanol–water partition coefficient (Wildman–Crippen LogP) is 4.27. The van der Waals surface area contributed by atoms with Gasteiger partial charge in [-0.2, -0.15) is 0 Å². The van der Waals surface area contributed by atoms with Crippen LogP contribution >= 0.6 is 11.8 Å². The molecule has 1 nitrogen and oxygen atoms in total. The molecular weight excluding hydrogens is 240 g/mol. The number of benzene rings is 1. The minimum atomic E-state index is -0.602. The summed E-state index contributed by atoms with van der Waals surface area (Å²) in [6, 6.07) is 10.5. The van der Waals surface area contributed by atoms with E-state index in [2.05, 4.69) is 43.3 Å². The van der Waals surface area contributed by atoms with Crippen LogP contribution in [0.2, 0.25) is 0 Å². The average Bonchev–Trinajstić information content (AvgIpc) is 2.29. The molecule has 1 aromatic rings. The van der Waals surface area contributed by atoms with Gasteiger partial charge in [0, 0.05) is 15.6 Å². The van der Waals surface area contributed by atoms with Crippen LogP contribution in [0.4, 0.5) is 0 Å². The van der Waals surface area contributed by atoms with Crippen molar-refractivity contribution in [3.63, 3.8) is 0 Å². The molecule has 0 spiro atoms. The predicted molar refractivity (Wildman–Crippen MR) is 78.9 cm³/mol. The largest absolute Gasteiger partial charge is 0.390 e. The maximum absolute atomic E-state index is 10.0. The van der Waals surface area contributed by atoms with Crippen molar-refractivity contribution in [3.05, 3.63) is 42.5 Å². The van der Waals surface area contributed by atoms with Crippen molar-refractivity contribution in [1.29, 1.82) is 0 Å². The van der Waals surface area contributed by atoms with Crippen LogP contribution in [0, 0.1) is 5.92 Å². The lowest BCUT2D eigenvalue weighted by Crippen LogP contribution is -2.34. The third-order valence-corrected chi connectivity index (χ3v) is 4.95. The molecule has 18 heavy (non-hydrogen) atoms. The van der Waals surface area contributed by atoms with E-state index in [4.69, 9.17) is 0 Å². The zero-order valence-corrected chi connectivity index (χ0v) is 12.2. The molecule has 0 saturated heterocycles. The Labute approximate surface area is 114 Å². The number of hydrogen-bond donors (Lipinski definition) is 1. The van der Waals surface area contributed by atoms with Gasteiger partial charge < -0.3 is 5.11 Å². The normalized spacial score (nSPS) is 28.3. The minimum absolute atomic E-state index is 0.156. The van der Waals surface area contributed by atoms with Crippen LogP contribution in [0.5, 0.6) is 0 Å². The van der Waals surface area contributed by atoms with Crippen molar-refractivity contribution in [2.75, 3.05) is 0 Å². The highest BCUT2D eigenvalue weighted by Gasteiger charge is 2.33. The highest BCUT2D eigenvalue weighted by molar-refractivity contribution is 8.00. The van der Waals surface area contributed by atoms with Gasteiger partial charge in [-0.1, -0.05) is 30.4 Å². The smallest absolute Gasteiger partial charge is 0.0654 e. The van der Waals surface area contributed by atoms with Crippen molar-refractivity contribution in [2.45, 2.75) is 48.9 Å². The van der Waals surface area contributed by atoms with Gasteiger partial charge in [0.05, 0.1) is 5.60 Å². The van der Waals surface area contributed by atoms with E-state index in [1.165, 1.54) is 4.90 Å². The molecule has 2 heteroatoms. The highest BCUT2D eigenvalue weighted by atomic mass is 32.2. The van der Waals surface area contributed by atoms with Crippen LogP contribution in [-0.2, 0) is 0 Å². The van der Waals surface area contributed by atoms with Gasteiger partial charge in [0.25, 0.3) is 0 Å². The summed E-state index contributed by atoms with van der Waals surface area (Å²) in [5.41, 5.74) is -0.602. The van der Waals surface area contributed by atoms with E-state index in [0.29, 0.717) is 0 Å². The van der Waals surface area contributed by atoms with Gasteiger partial charge in [-0.3, -0.25) is 0 Å². The van der Waals surface area contributed by atoms with E-state index in [1.807, 2.05) is 31.7 Å². The lowest BCUT2D eigenvalue weighted by Gasteiger charge is -2.36. The molecule has 1 aromatic carbocycles. The molecule has 0 fully saturated rings. The summed E-state index contributed by atoms with van der Waals surface area (Å²) in [7, 11) is 0. The summed E-state index contributed by atoms with van der Waals surface area (Å²) in [4.78, 5) is 1.31. The van der Waals surface area contributed by atoms with E-state index in [9.17, 15) is 5.11 Å². The first-order chi connectivity index (χ1) is 8.39. The summed E-state index contributed by atoms with van der Waals surface area (Å²) in [5.74, 6) is 0.280. The summed E-state index contributed by atoms with van der Waals surface area (Å²) in [5, 5.41) is 10.0. The Morgan fingerprint density at radius 3 is 2.44 bits per heavy atom. The van der Waals surface area contributed by atoms with Crippen LogP contribution in [-0.4, -0.2) is 15.5 Å². The Morgan fingerprint density at radius 2 is 1.94 bits per heavy atom. The van der Waals surface area contributed by atoms with Gasteiger partial charge in [-0.05, 0) is 45.7 Å². The van der Waals surface area contributed by atoms with Crippen molar-refractivity contribution in [1.82, 2.24) is 0 Å². The van der Waals surface area contributed by atoms with E-state index in [0.717, 1.165) is 12.8 Å². The molecule has 0 aliphatic heterocycles.